The Morgan fingerprint density at radius 3 is 2.53 bits per heavy atom. The Morgan fingerprint density at radius 2 is 2.13 bits per heavy atom. The average Bonchev–Trinajstić information content (AvgIpc) is 2.76. The Kier molecular flexibility index (Phi) is 1.83. The predicted octanol–water partition coefficient (Wildman–Crippen LogP) is 1.03. The van der Waals surface area contributed by atoms with Crippen molar-refractivity contribution in [3.8, 4) is 0 Å². The van der Waals surface area contributed by atoms with Gasteiger partial charge in [-0.3, -0.25) is 4.79 Å². The molecule has 1 amide bonds. The van der Waals surface area contributed by atoms with Gasteiger partial charge in [0.05, 0.1) is 0 Å². The maximum Gasteiger partial charge on any atom is 0.413 e. The lowest BCUT2D eigenvalue weighted by Crippen LogP contribution is -2.38. The lowest BCUT2D eigenvalue weighted by atomic mass is 10.2. The third-order valence-electron chi connectivity index (χ3n) is 2.55. The Bertz CT molecular complexity index is 406. The van der Waals surface area contributed by atoms with Crippen LogP contribution in [-0.2, 0) is 5.54 Å². The van der Waals surface area contributed by atoms with Crippen molar-refractivity contribution >= 4 is 5.91 Å². The van der Waals surface area contributed by atoms with Gasteiger partial charge in [0.15, 0.2) is 5.54 Å². The summed E-state index contributed by atoms with van der Waals surface area (Å²) in [5.74, 6) is -0.900. The van der Waals surface area contributed by atoms with E-state index in [1.807, 2.05) is 0 Å². The number of halogens is 3. The van der Waals surface area contributed by atoms with Gasteiger partial charge in [-0.2, -0.15) is 18.3 Å². The van der Waals surface area contributed by atoms with E-state index in [4.69, 9.17) is 5.73 Å². The lowest BCUT2D eigenvalue weighted by Gasteiger charge is -2.21. The molecule has 4 nitrogen and oxygen atoms in total. The molecule has 1 aromatic heterocycles. The number of hydrogen-bond acceptors (Lipinski definition) is 2. The smallest absolute Gasteiger partial charge is 0.364 e. The van der Waals surface area contributed by atoms with E-state index in [1.54, 1.807) is 0 Å². The van der Waals surface area contributed by atoms with Crippen LogP contribution in [0.5, 0.6) is 0 Å². The highest BCUT2D eigenvalue weighted by atomic mass is 19.4. The number of hydrogen-bond donors (Lipinski definition) is 1. The Morgan fingerprint density at radius 1 is 1.53 bits per heavy atom. The zero-order valence-electron chi connectivity index (χ0n) is 7.58. The van der Waals surface area contributed by atoms with Crippen molar-refractivity contribution < 1.29 is 18.0 Å². The molecule has 0 bridgehead atoms. The average molecular weight is 219 g/mol. The SMILES string of the molecule is NC(=O)c1ccnn1C1(C(F)(F)F)CC1. The quantitative estimate of drug-likeness (QED) is 0.807. The third-order valence-corrected chi connectivity index (χ3v) is 2.55. The van der Waals surface area contributed by atoms with Crippen LogP contribution in [0.25, 0.3) is 0 Å². The number of carbonyl (C=O) groups is 1. The molecule has 0 saturated heterocycles. The Labute approximate surface area is 82.9 Å². The van der Waals surface area contributed by atoms with E-state index in [0.717, 1.165) is 6.20 Å². The molecule has 1 aliphatic rings. The van der Waals surface area contributed by atoms with Gasteiger partial charge in [0, 0.05) is 6.20 Å². The number of primary amides is 1. The van der Waals surface area contributed by atoms with E-state index in [2.05, 4.69) is 5.10 Å². The van der Waals surface area contributed by atoms with E-state index >= 15 is 0 Å². The van der Waals surface area contributed by atoms with Gasteiger partial charge in [-0.15, -0.1) is 0 Å². The number of amides is 1. The van der Waals surface area contributed by atoms with Crippen molar-refractivity contribution in [3.05, 3.63) is 18.0 Å². The summed E-state index contributed by atoms with van der Waals surface area (Å²) in [6.07, 6.45) is -3.37. The summed E-state index contributed by atoms with van der Waals surface area (Å²) in [5, 5.41) is 3.53. The van der Waals surface area contributed by atoms with E-state index in [0.29, 0.717) is 4.68 Å². The molecule has 0 unspecified atom stereocenters. The molecule has 2 N–H and O–H groups in total. The zero-order chi connectivity index (χ0) is 11.3. The van der Waals surface area contributed by atoms with Crippen molar-refractivity contribution in [3.63, 3.8) is 0 Å². The van der Waals surface area contributed by atoms with Crippen LogP contribution < -0.4 is 5.73 Å². The minimum absolute atomic E-state index is 0.0571. The largest absolute Gasteiger partial charge is 0.413 e. The van der Waals surface area contributed by atoms with Crippen LogP contribution in [0.15, 0.2) is 12.3 Å². The molecule has 1 saturated carbocycles. The monoisotopic (exact) mass is 219 g/mol. The van der Waals surface area contributed by atoms with Gasteiger partial charge in [0.25, 0.3) is 5.91 Å². The first-order valence-corrected chi connectivity index (χ1v) is 4.29. The number of nitrogens with two attached hydrogens (primary N) is 1. The fourth-order valence-electron chi connectivity index (χ4n) is 1.56. The first-order chi connectivity index (χ1) is 6.88. The summed E-state index contributed by atoms with van der Waals surface area (Å²) in [5.41, 5.74) is 2.74. The lowest BCUT2D eigenvalue weighted by molar-refractivity contribution is -0.182. The minimum atomic E-state index is -4.40. The zero-order valence-corrected chi connectivity index (χ0v) is 7.58. The summed E-state index contributed by atoms with van der Waals surface area (Å²) >= 11 is 0. The maximum absolute atomic E-state index is 12.7. The van der Waals surface area contributed by atoms with E-state index in [1.165, 1.54) is 6.07 Å². The first-order valence-electron chi connectivity index (χ1n) is 4.29. The molecule has 2 rings (SSSR count). The maximum atomic E-state index is 12.7. The molecule has 15 heavy (non-hydrogen) atoms. The van der Waals surface area contributed by atoms with Gasteiger partial charge in [-0.25, -0.2) is 4.68 Å². The fraction of sp³-hybridized carbons (Fsp3) is 0.500. The van der Waals surface area contributed by atoms with Crippen LogP contribution in [0.3, 0.4) is 0 Å². The molecular weight excluding hydrogens is 211 g/mol. The number of carbonyl (C=O) groups excluding carboxylic acids is 1. The van der Waals surface area contributed by atoms with Crippen molar-refractivity contribution in [2.75, 3.05) is 0 Å². The summed E-state index contributed by atoms with van der Waals surface area (Å²) in [4.78, 5) is 10.9. The van der Waals surface area contributed by atoms with E-state index in [-0.39, 0.29) is 18.5 Å². The summed E-state index contributed by atoms with van der Waals surface area (Å²) in [6.45, 7) is 0. The van der Waals surface area contributed by atoms with Crippen molar-refractivity contribution in [1.82, 2.24) is 9.78 Å². The second kappa shape index (κ2) is 2.74. The van der Waals surface area contributed by atoms with Crippen molar-refractivity contribution in [2.45, 2.75) is 24.6 Å². The molecule has 0 aromatic carbocycles. The molecule has 0 atom stereocenters. The molecule has 1 heterocycles. The molecule has 0 aliphatic heterocycles. The van der Waals surface area contributed by atoms with E-state index in [9.17, 15) is 18.0 Å². The topological polar surface area (TPSA) is 60.9 Å². The third kappa shape index (κ3) is 1.30. The van der Waals surface area contributed by atoms with Gasteiger partial charge in [-0.05, 0) is 18.9 Å². The fourth-order valence-corrected chi connectivity index (χ4v) is 1.56. The van der Waals surface area contributed by atoms with Crippen LogP contribution in [0.4, 0.5) is 13.2 Å². The Balaban J connectivity index is 2.47. The highest BCUT2D eigenvalue weighted by molar-refractivity contribution is 5.91. The molecular formula is C8H8F3N3O. The molecule has 0 spiro atoms. The highest BCUT2D eigenvalue weighted by Crippen LogP contribution is 2.55. The van der Waals surface area contributed by atoms with Crippen LogP contribution in [0.2, 0.25) is 0 Å². The number of alkyl halides is 3. The van der Waals surface area contributed by atoms with Gasteiger partial charge >= 0.3 is 6.18 Å². The molecule has 0 radical (unpaired) electrons. The molecule has 1 aromatic rings. The second-order valence-electron chi connectivity index (χ2n) is 3.52. The Hall–Kier alpha value is -1.53. The van der Waals surface area contributed by atoms with Gasteiger partial charge < -0.3 is 5.73 Å². The predicted molar refractivity (Wildman–Crippen MR) is 44.0 cm³/mol. The molecule has 7 heteroatoms. The normalized spacial score (nSPS) is 18.9. The molecule has 1 aliphatic carbocycles. The summed E-state index contributed by atoms with van der Waals surface area (Å²) in [7, 11) is 0. The van der Waals surface area contributed by atoms with Crippen LogP contribution in [0, 0.1) is 0 Å². The highest BCUT2D eigenvalue weighted by Gasteiger charge is 2.66. The number of nitrogens with zero attached hydrogens (tertiary/aromatic N) is 2. The van der Waals surface area contributed by atoms with Crippen LogP contribution >= 0.6 is 0 Å². The molecule has 1 fully saturated rings. The molecule has 82 valence electrons. The van der Waals surface area contributed by atoms with Crippen LogP contribution in [0.1, 0.15) is 23.3 Å². The summed E-state index contributed by atoms with van der Waals surface area (Å²) in [6, 6.07) is 1.19. The van der Waals surface area contributed by atoms with Gasteiger partial charge in [0.2, 0.25) is 0 Å². The second-order valence-corrected chi connectivity index (χ2v) is 3.52. The van der Waals surface area contributed by atoms with Gasteiger partial charge in [-0.1, -0.05) is 0 Å². The van der Waals surface area contributed by atoms with Gasteiger partial charge in [0.1, 0.15) is 5.69 Å². The summed E-state index contributed by atoms with van der Waals surface area (Å²) < 4.78 is 38.8. The van der Waals surface area contributed by atoms with Crippen molar-refractivity contribution in [2.24, 2.45) is 5.73 Å². The standard InChI is InChI=1S/C8H8F3N3O/c9-8(10,11)7(2-3-7)14-5(6(12)15)1-4-13-14/h1,4H,2-3H2,(H2,12,15). The first kappa shape index (κ1) is 10.0. The van der Waals surface area contributed by atoms with E-state index < -0.39 is 17.6 Å². The van der Waals surface area contributed by atoms with Crippen LogP contribution in [-0.4, -0.2) is 21.9 Å². The van der Waals surface area contributed by atoms with Crippen molar-refractivity contribution in [1.29, 1.82) is 0 Å². The minimum Gasteiger partial charge on any atom is -0.364 e. The number of rotatable bonds is 2. The number of aromatic nitrogens is 2.